The van der Waals surface area contributed by atoms with Gasteiger partial charge in [0.05, 0.1) is 7.11 Å². The highest BCUT2D eigenvalue weighted by atomic mass is 16.6. The number of hydrogen-bond donors (Lipinski definition) is 1. The number of para-hydroxylation sites is 2. The summed E-state index contributed by atoms with van der Waals surface area (Å²) in [4.78, 5) is 11.2. The molecule has 4 nitrogen and oxygen atoms in total. The lowest BCUT2D eigenvalue weighted by Gasteiger charge is -2.09. The normalized spacial score (nSPS) is 11.9. The molecule has 0 aliphatic heterocycles. The van der Waals surface area contributed by atoms with E-state index in [2.05, 4.69) is 0 Å². The van der Waals surface area contributed by atoms with Gasteiger partial charge in [-0.3, -0.25) is 0 Å². The Kier molecular flexibility index (Phi) is 3.48. The van der Waals surface area contributed by atoms with E-state index < -0.39 is 12.0 Å². The van der Waals surface area contributed by atoms with Gasteiger partial charge in [-0.15, -0.1) is 0 Å². The van der Waals surface area contributed by atoms with Crippen molar-refractivity contribution in [2.45, 2.75) is 13.0 Å². The molecule has 0 saturated carbocycles. The summed E-state index contributed by atoms with van der Waals surface area (Å²) in [6, 6.07) is 6.27. The van der Waals surface area contributed by atoms with Crippen LogP contribution in [0.25, 0.3) is 0 Å². The van der Waals surface area contributed by atoms with Crippen molar-refractivity contribution in [2.24, 2.45) is 5.73 Å². The van der Waals surface area contributed by atoms with Crippen LogP contribution in [-0.2, 0) is 4.79 Å². The topological polar surface area (TPSA) is 61.5 Å². The molecule has 2 N–H and O–H groups in total. The fourth-order valence-corrected chi connectivity index (χ4v) is 0.904. The highest BCUT2D eigenvalue weighted by Gasteiger charge is 2.12. The van der Waals surface area contributed by atoms with Crippen molar-refractivity contribution in [1.29, 1.82) is 0 Å². The number of rotatable bonds is 3. The van der Waals surface area contributed by atoms with Crippen LogP contribution in [0.15, 0.2) is 24.3 Å². The highest BCUT2D eigenvalue weighted by molar-refractivity contribution is 5.78. The molecule has 0 saturated heterocycles. The second kappa shape index (κ2) is 4.62. The highest BCUT2D eigenvalue weighted by Crippen LogP contribution is 2.25. The van der Waals surface area contributed by atoms with Crippen molar-refractivity contribution >= 4 is 5.97 Å². The Bertz CT molecular complexity index is 323. The lowest BCUT2D eigenvalue weighted by molar-refractivity contribution is -0.135. The SMILES string of the molecule is COc1ccccc1OC(=O)C(C)N. The number of ether oxygens (including phenoxy) is 2. The second-order valence-electron chi connectivity index (χ2n) is 2.86. The minimum Gasteiger partial charge on any atom is -0.493 e. The van der Waals surface area contributed by atoms with E-state index in [0.29, 0.717) is 11.5 Å². The molecule has 0 amide bonds. The summed E-state index contributed by atoms with van der Waals surface area (Å²) in [7, 11) is 1.51. The van der Waals surface area contributed by atoms with E-state index in [4.69, 9.17) is 15.2 Å². The van der Waals surface area contributed by atoms with Gasteiger partial charge in [0.1, 0.15) is 6.04 Å². The van der Waals surface area contributed by atoms with E-state index >= 15 is 0 Å². The molecule has 76 valence electrons. The van der Waals surface area contributed by atoms with Crippen LogP contribution in [0.5, 0.6) is 11.5 Å². The van der Waals surface area contributed by atoms with Crippen LogP contribution in [0.2, 0.25) is 0 Å². The fraction of sp³-hybridized carbons (Fsp3) is 0.300. The van der Waals surface area contributed by atoms with Crippen molar-refractivity contribution in [3.05, 3.63) is 24.3 Å². The smallest absolute Gasteiger partial charge is 0.328 e. The molecule has 4 heteroatoms. The quantitative estimate of drug-likeness (QED) is 0.576. The zero-order chi connectivity index (χ0) is 10.6. The molecule has 0 spiro atoms. The molecule has 1 aromatic carbocycles. The van der Waals surface area contributed by atoms with Gasteiger partial charge in [-0.25, -0.2) is 4.79 Å². The van der Waals surface area contributed by atoms with Crippen molar-refractivity contribution in [1.82, 2.24) is 0 Å². The molecule has 0 bridgehead atoms. The summed E-state index contributed by atoms with van der Waals surface area (Å²) in [5.41, 5.74) is 5.36. The average molecular weight is 195 g/mol. The second-order valence-corrected chi connectivity index (χ2v) is 2.86. The molecule has 0 radical (unpaired) electrons. The van der Waals surface area contributed by atoms with Gasteiger partial charge in [-0.1, -0.05) is 12.1 Å². The third kappa shape index (κ3) is 2.47. The summed E-state index contributed by atoms with van der Waals surface area (Å²) >= 11 is 0. The molecule has 0 aromatic heterocycles. The van der Waals surface area contributed by atoms with E-state index in [-0.39, 0.29) is 0 Å². The summed E-state index contributed by atoms with van der Waals surface area (Å²) in [6.07, 6.45) is 0. The molecule has 1 unspecified atom stereocenters. The summed E-state index contributed by atoms with van der Waals surface area (Å²) in [5, 5.41) is 0. The minimum atomic E-state index is -0.639. The predicted molar refractivity (Wildman–Crippen MR) is 52.3 cm³/mol. The van der Waals surface area contributed by atoms with Gasteiger partial charge in [0, 0.05) is 0 Å². The Morgan fingerprint density at radius 1 is 1.36 bits per heavy atom. The molecule has 0 heterocycles. The number of hydrogen-bond acceptors (Lipinski definition) is 4. The summed E-state index contributed by atoms with van der Waals surface area (Å²) < 4.78 is 10.0. The largest absolute Gasteiger partial charge is 0.493 e. The number of benzene rings is 1. The van der Waals surface area contributed by atoms with Crippen LogP contribution in [-0.4, -0.2) is 19.1 Å². The Labute approximate surface area is 82.6 Å². The average Bonchev–Trinajstić information content (AvgIpc) is 2.18. The van der Waals surface area contributed by atoms with Crippen LogP contribution in [0.1, 0.15) is 6.92 Å². The molecule has 14 heavy (non-hydrogen) atoms. The first-order chi connectivity index (χ1) is 6.65. The maximum absolute atomic E-state index is 11.2. The number of carbonyl (C=O) groups excluding carboxylic acids is 1. The summed E-state index contributed by atoms with van der Waals surface area (Å²) in [6.45, 7) is 1.57. The van der Waals surface area contributed by atoms with Gasteiger partial charge in [0.25, 0.3) is 0 Å². The third-order valence-corrected chi connectivity index (χ3v) is 1.65. The van der Waals surface area contributed by atoms with Gasteiger partial charge >= 0.3 is 5.97 Å². The minimum absolute atomic E-state index is 0.386. The molecule has 1 atom stereocenters. The molecular formula is C10H13NO3. The maximum Gasteiger partial charge on any atom is 0.328 e. The Morgan fingerprint density at radius 2 is 1.93 bits per heavy atom. The van der Waals surface area contributed by atoms with E-state index in [1.54, 1.807) is 31.2 Å². The van der Waals surface area contributed by atoms with E-state index in [9.17, 15) is 4.79 Å². The van der Waals surface area contributed by atoms with E-state index in [1.807, 2.05) is 0 Å². The molecular weight excluding hydrogens is 182 g/mol. The van der Waals surface area contributed by atoms with Gasteiger partial charge in [0.2, 0.25) is 0 Å². The van der Waals surface area contributed by atoms with Gasteiger partial charge < -0.3 is 15.2 Å². The fourth-order valence-electron chi connectivity index (χ4n) is 0.904. The van der Waals surface area contributed by atoms with Crippen molar-refractivity contribution in [2.75, 3.05) is 7.11 Å². The van der Waals surface area contributed by atoms with Gasteiger partial charge in [0.15, 0.2) is 11.5 Å². The Hall–Kier alpha value is -1.55. The summed E-state index contributed by atoms with van der Waals surface area (Å²) in [5.74, 6) is 0.424. The monoisotopic (exact) mass is 195 g/mol. The van der Waals surface area contributed by atoms with Crippen LogP contribution < -0.4 is 15.2 Å². The molecule has 0 aliphatic carbocycles. The first-order valence-corrected chi connectivity index (χ1v) is 4.25. The predicted octanol–water partition coefficient (Wildman–Crippen LogP) is 0.948. The van der Waals surface area contributed by atoms with Gasteiger partial charge in [-0.2, -0.15) is 0 Å². The first kappa shape index (κ1) is 10.5. The number of esters is 1. The Morgan fingerprint density at radius 3 is 2.43 bits per heavy atom. The lowest BCUT2D eigenvalue weighted by Crippen LogP contribution is -2.30. The zero-order valence-electron chi connectivity index (χ0n) is 8.19. The molecule has 1 aromatic rings. The van der Waals surface area contributed by atoms with Crippen LogP contribution >= 0.6 is 0 Å². The molecule has 0 fully saturated rings. The number of methoxy groups -OCH3 is 1. The maximum atomic E-state index is 11.2. The van der Waals surface area contributed by atoms with E-state index in [1.165, 1.54) is 7.11 Å². The molecule has 1 rings (SSSR count). The van der Waals surface area contributed by atoms with Crippen molar-refractivity contribution in [3.8, 4) is 11.5 Å². The van der Waals surface area contributed by atoms with Crippen LogP contribution in [0, 0.1) is 0 Å². The van der Waals surface area contributed by atoms with Crippen molar-refractivity contribution < 1.29 is 14.3 Å². The number of carbonyl (C=O) groups is 1. The standard InChI is InChI=1S/C10H13NO3/c1-7(11)10(12)14-9-6-4-3-5-8(9)13-2/h3-7H,11H2,1-2H3. The van der Waals surface area contributed by atoms with Crippen LogP contribution in [0.4, 0.5) is 0 Å². The lowest BCUT2D eigenvalue weighted by atomic mass is 10.3. The zero-order valence-corrected chi connectivity index (χ0v) is 8.19. The Balaban J connectivity index is 2.80. The first-order valence-electron chi connectivity index (χ1n) is 4.25. The van der Waals surface area contributed by atoms with E-state index in [0.717, 1.165) is 0 Å². The van der Waals surface area contributed by atoms with Gasteiger partial charge in [-0.05, 0) is 19.1 Å². The molecule has 0 aliphatic rings. The van der Waals surface area contributed by atoms with Crippen molar-refractivity contribution in [3.63, 3.8) is 0 Å². The number of nitrogens with two attached hydrogens (primary N) is 1. The van der Waals surface area contributed by atoms with Crippen LogP contribution in [0.3, 0.4) is 0 Å². The third-order valence-electron chi connectivity index (χ3n) is 1.65.